The van der Waals surface area contributed by atoms with Crippen molar-refractivity contribution in [1.29, 1.82) is 0 Å². The van der Waals surface area contributed by atoms with E-state index in [0.29, 0.717) is 18.0 Å². The molecule has 0 spiro atoms. The molecule has 144 valence electrons. The maximum Gasteiger partial charge on any atom is 0.268 e. The molecule has 9 nitrogen and oxygen atoms in total. The maximum absolute atomic E-state index is 12.5. The second kappa shape index (κ2) is 7.63. The molecule has 0 bridgehead atoms. The van der Waals surface area contributed by atoms with Crippen LogP contribution in [0.25, 0.3) is 5.69 Å². The zero-order valence-corrected chi connectivity index (χ0v) is 15.5. The Labute approximate surface area is 161 Å². The van der Waals surface area contributed by atoms with Crippen LogP contribution >= 0.6 is 0 Å². The maximum atomic E-state index is 12.5. The van der Waals surface area contributed by atoms with Crippen LogP contribution in [0.2, 0.25) is 0 Å². The van der Waals surface area contributed by atoms with Crippen LogP contribution < -0.4 is 15.8 Å². The van der Waals surface area contributed by atoms with Crippen molar-refractivity contribution in [1.82, 2.24) is 29.9 Å². The van der Waals surface area contributed by atoms with Gasteiger partial charge >= 0.3 is 0 Å². The van der Waals surface area contributed by atoms with Crippen LogP contribution in [0.1, 0.15) is 16.8 Å². The first kappa shape index (κ1) is 17.9. The van der Waals surface area contributed by atoms with Crippen LogP contribution in [-0.4, -0.2) is 50.1 Å². The third-order valence-electron chi connectivity index (χ3n) is 4.98. The largest absolute Gasteiger partial charge is 0.370 e. The van der Waals surface area contributed by atoms with Crippen LogP contribution in [0, 0.1) is 5.92 Å². The van der Waals surface area contributed by atoms with Crippen molar-refractivity contribution in [3.05, 3.63) is 65.1 Å². The first-order valence-corrected chi connectivity index (χ1v) is 9.12. The molecule has 0 saturated carbocycles. The molecule has 1 atom stereocenters. The van der Waals surface area contributed by atoms with E-state index in [1.165, 1.54) is 4.68 Å². The molecule has 0 aliphatic carbocycles. The number of nitrogens with one attached hydrogen (secondary N) is 1. The van der Waals surface area contributed by atoms with Crippen molar-refractivity contribution in [2.24, 2.45) is 13.0 Å². The van der Waals surface area contributed by atoms with E-state index in [1.807, 2.05) is 18.2 Å². The molecular weight excluding hydrogens is 358 g/mol. The zero-order chi connectivity index (χ0) is 19.5. The summed E-state index contributed by atoms with van der Waals surface area (Å²) in [5.74, 6) is 0.220. The molecule has 1 aliphatic heterocycles. The normalized spacial score (nSPS) is 16.3. The smallest absolute Gasteiger partial charge is 0.268 e. The van der Waals surface area contributed by atoms with E-state index in [1.54, 1.807) is 42.6 Å². The topological polar surface area (TPSA) is 97.9 Å². The first-order chi connectivity index (χ1) is 13.6. The molecule has 0 unspecified atom stereocenters. The predicted octanol–water partition coefficient (Wildman–Crippen LogP) is 0.617. The number of aromatic nitrogens is 5. The Balaban J connectivity index is 1.35. The summed E-state index contributed by atoms with van der Waals surface area (Å²) in [5.41, 5.74) is 2.14. The number of aryl methyl sites for hydroxylation is 1. The fourth-order valence-corrected chi connectivity index (χ4v) is 3.35. The Morgan fingerprint density at radius 2 is 2.04 bits per heavy atom. The van der Waals surface area contributed by atoms with E-state index in [2.05, 4.69) is 25.5 Å². The van der Waals surface area contributed by atoms with Crippen molar-refractivity contribution in [2.45, 2.75) is 6.42 Å². The minimum Gasteiger partial charge on any atom is -0.370 e. The van der Waals surface area contributed by atoms with Gasteiger partial charge in [-0.3, -0.25) is 14.2 Å². The molecule has 1 N–H and O–H groups in total. The number of nitrogens with zero attached hydrogens (tertiary/aromatic N) is 6. The predicted molar refractivity (Wildman–Crippen MR) is 103 cm³/mol. The van der Waals surface area contributed by atoms with Gasteiger partial charge in [0.25, 0.3) is 11.5 Å². The molecule has 0 radical (unpaired) electrons. The van der Waals surface area contributed by atoms with E-state index < -0.39 is 0 Å². The van der Waals surface area contributed by atoms with Gasteiger partial charge in [0, 0.05) is 44.0 Å². The summed E-state index contributed by atoms with van der Waals surface area (Å²) in [4.78, 5) is 26.4. The van der Waals surface area contributed by atoms with E-state index in [4.69, 9.17) is 0 Å². The van der Waals surface area contributed by atoms with Gasteiger partial charge in [0.05, 0.1) is 11.9 Å². The van der Waals surface area contributed by atoms with Gasteiger partial charge in [-0.1, -0.05) is 6.07 Å². The Kier molecular flexibility index (Phi) is 4.88. The molecule has 2 aromatic heterocycles. The molecule has 1 amide bonds. The Morgan fingerprint density at radius 3 is 2.82 bits per heavy atom. The molecule has 1 aliphatic rings. The molecule has 9 heteroatoms. The Morgan fingerprint density at radius 1 is 1.21 bits per heavy atom. The highest BCUT2D eigenvalue weighted by molar-refractivity contribution is 5.94. The summed E-state index contributed by atoms with van der Waals surface area (Å²) in [6, 6.07) is 8.93. The summed E-state index contributed by atoms with van der Waals surface area (Å²) in [7, 11) is 1.63. The Bertz CT molecular complexity index is 1030. The number of hydrogen-bond acceptors (Lipinski definition) is 6. The van der Waals surface area contributed by atoms with Crippen LogP contribution in [0.15, 0.2) is 54.0 Å². The average Bonchev–Trinajstić information content (AvgIpc) is 3.40. The number of amides is 1. The van der Waals surface area contributed by atoms with Crippen molar-refractivity contribution in [3.8, 4) is 5.69 Å². The third kappa shape index (κ3) is 3.78. The second-order valence-corrected chi connectivity index (χ2v) is 6.91. The van der Waals surface area contributed by atoms with E-state index >= 15 is 0 Å². The Hall–Kier alpha value is -3.49. The molecule has 3 heterocycles. The highest BCUT2D eigenvalue weighted by Gasteiger charge is 2.24. The molecule has 1 saturated heterocycles. The van der Waals surface area contributed by atoms with Crippen molar-refractivity contribution in [2.75, 3.05) is 24.5 Å². The van der Waals surface area contributed by atoms with Crippen LogP contribution in [0.5, 0.6) is 0 Å². The lowest BCUT2D eigenvalue weighted by atomic mass is 10.1. The molecule has 4 rings (SSSR count). The van der Waals surface area contributed by atoms with Crippen molar-refractivity contribution >= 4 is 11.6 Å². The number of carbonyl (C=O) groups is 1. The summed E-state index contributed by atoms with van der Waals surface area (Å²) in [6.45, 7) is 2.22. The van der Waals surface area contributed by atoms with Gasteiger partial charge in [0.2, 0.25) is 0 Å². The first-order valence-electron chi connectivity index (χ1n) is 9.12. The van der Waals surface area contributed by atoms with E-state index in [-0.39, 0.29) is 11.5 Å². The monoisotopic (exact) mass is 379 g/mol. The summed E-state index contributed by atoms with van der Waals surface area (Å²) in [5, 5.41) is 14.7. The molecule has 3 aromatic rings. The van der Waals surface area contributed by atoms with Gasteiger partial charge in [-0.05, 0) is 30.5 Å². The summed E-state index contributed by atoms with van der Waals surface area (Å²) >= 11 is 0. The fourth-order valence-electron chi connectivity index (χ4n) is 3.35. The van der Waals surface area contributed by atoms with E-state index in [9.17, 15) is 9.59 Å². The third-order valence-corrected chi connectivity index (χ3v) is 4.98. The van der Waals surface area contributed by atoms with Gasteiger partial charge in [0.15, 0.2) is 0 Å². The second-order valence-electron chi connectivity index (χ2n) is 6.91. The molecule has 1 aromatic carbocycles. The van der Waals surface area contributed by atoms with Crippen molar-refractivity contribution < 1.29 is 4.79 Å². The molecule has 28 heavy (non-hydrogen) atoms. The van der Waals surface area contributed by atoms with Crippen LogP contribution in [-0.2, 0) is 7.05 Å². The number of benzene rings is 1. The standard InChI is InChI=1S/C19H21N7O2/c1-24-18(27)8-17(10-23-24)25-6-5-14(11-25)9-20-19(28)15-3-2-4-16(7-15)26-12-21-22-13-26/h2-4,7-8,10,12-14H,5-6,9,11H2,1H3,(H,20,28)/t14-/m0/s1. The summed E-state index contributed by atoms with van der Waals surface area (Å²) < 4.78 is 3.06. The van der Waals surface area contributed by atoms with Gasteiger partial charge in [0.1, 0.15) is 12.7 Å². The lowest BCUT2D eigenvalue weighted by molar-refractivity contribution is 0.0948. The lowest BCUT2D eigenvalue weighted by Gasteiger charge is -2.18. The highest BCUT2D eigenvalue weighted by atomic mass is 16.1. The van der Waals surface area contributed by atoms with Crippen LogP contribution in [0.3, 0.4) is 0 Å². The van der Waals surface area contributed by atoms with Crippen LogP contribution in [0.4, 0.5) is 5.69 Å². The van der Waals surface area contributed by atoms with Crippen molar-refractivity contribution in [3.63, 3.8) is 0 Å². The SMILES string of the molecule is Cn1ncc(N2CC[C@@H](CNC(=O)c3cccc(-n4cnnc4)c3)C2)cc1=O. The van der Waals surface area contributed by atoms with Gasteiger partial charge in [-0.25, -0.2) is 4.68 Å². The summed E-state index contributed by atoms with van der Waals surface area (Å²) in [6.07, 6.45) is 5.85. The number of carbonyl (C=O) groups excluding carboxylic acids is 1. The average molecular weight is 379 g/mol. The molecule has 1 fully saturated rings. The number of rotatable bonds is 5. The number of hydrogen-bond donors (Lipinski definition) is 1. The lowest BCUT2D eigenvalue weighted by Crippen LogP contribution is -2.31. The number of anilines is 1. The van der Waals surface area contributed by atoms with Gasteiger partial charge in [-0.15, -0.1) is 10.2 Å². The minimum absolute atomic E-state index is 0.108. The quantitative estimate of drug-likeness (QED) is 0.698. The molecular formula is C19H21N7O2. The van der Waals surface area contributed by atoms with Gasteiger partial charge in [-0.2, -0.15) is 5.10 Å². The zero-order valence-electron chi connectivity index (χ0n) is 15.5. The van der Waals surface area contributed by atoms with Gasteiger partial charge < -0.3 is 10.2 Å². The highest BCUT2D eigenvalue weighted by Crippen LogP contribution is 2.21. The van der Waals surface area contributed by atoms with E-state index in [0.717, 1.165) is 30.9 Å². The fraction of sp³-hybridized carbons (Fsp3) is 0.316. The minimum atomic E-state index is -0.123.